The summed E-state index contributed by atoms with van der Waals surface area (Å²) in [6.07, 6.45) is 2.37. The maximum Gasteiger partial charge on any atom is 0.189 e. The zero-order chi connectivity index (χ0) is 14.9. The summed E-state index contributed by atoms with van der Waals surface area (Å²) in [4.78, 5) is 8.90. The van der Waals surface area contributed by atoms with Crippen molar-refractivity contribution in [2.24, 2.45) is 10.7 Å². The first-order valence-corrected chi connectivity index (χ1v) is 8.16. The molecule has 3 aromatic rings. The fourth-order valence-electron chi connectivity index (χ4n) is 2.24. The zero-order valence-corrected chi connectivity index (χ0v) is 12.8. The third-order valence-electron chi connectivity index (χ3n) is 3.54. The lowest BCUT2D eigenvalue weighted by atomic mass is 10.2. The second kappa shape index (κ2) is 5.46. The number of benzene rings is 1. The van der Waals surface area contributed by atoms with Gasteiger partial charge in [-0.2, -0.15) is 0 Å². The predicted molar refractivity (Wildman–Crippen MR) is 88.8 cm³/mol. The van der Waals surface area contributed by atoms with Crippen molar-refractivity contribution in [1.82, 2.24) is 10.3 Å². The van der Waals surface area contributed by atoms with Crippen molar-refractivity contribution in [1.29, 1.82) is 0 Å². The van der Waals surface area contributed by atoms with Gasteiger partial charge in [0.1, 0.15) is 16.3 Å². The highest BCUT2D eigenvalue weighted by atomic mass is 32.1. The predicted octanol–water partition coefficient (Wildman–Crippen LogP) is 3.12. The molecule has 2 heterocycles. The van der Waals surface area contributed by atoms with Gasteiger partial charge in [0.15, 0.2) is 11.7 Å². The molecule has 1 aromatic carbocycles. The van der Waals surface area contributed by atoms with E-state index in [1.807, 2.05) is 35.7 Å². The summed E-state index contributed by atoms with van der Waals surface area (Å²) in [7, 11) is 0. The van der Waals surface area contributed by atoms with Crippen molar-refractivity contribution in [3.8, 4) is 11.5 Å². The molecular weight excluding hydrogens is 296 g/mol. The molecular formula is C16H16N4OS. The number of guanidine groups is 1. The highest BCUT2D eigenvalue weighted by molar-refractivity contribution is 7.09. The fraction of sp³-hybridized carbons (Fsp3) is 0.250. The Morgan fingerprint density at radius 2 is 2.27 bits per heavy atom. The quantitative estimate of drug-likeness (QED) is 0.573. The smallest absolute Gasteiger partial charge is 0.189 e. The number of aliphatic imine (C=N–C) groups is 1. The van der Waals surface area contributed by atoms with Gasteiger partial charge in [-0.15, -0.1) is 11.3 Å². The Kier molecular flexibility index (Phi) is 3.31. The van der Waals surface area contributed by atoms with Crippen molar-refractivity contribution < 1.29 is 4.42 Å². The van der Waals surface area contributed by atoms with Gasteiger partial charge in [-0.05, 0) is 25.0 Å². The average molecular weight is 312 g/mol. The number of hydrogen-bond donors (Lipinski definition) is 2. The van der Waals surface area contributed by atoms with Crippen LogP contribution in [0.15, 0.2) is 45.1 Å². The minimum Gasteiger partial charge on any atom is -0.454 e. The van der Waals surface area contributed by atoms with Crippen molar-refractivity contribution in [3.05, 3.63) is 40.7 Å². The van der Waals surface area contributed by atoms with Crippen molar-refractivity contribution in [2.45, 2.75) is 25.4 Å². The number of hydrogen-bond acceptors (Lipinski definition) is 4. The fourth-order valence-corrected chi connectivity index (χ4v) is 2.95. The minimum atomic E-state index is 0.496. The van der Waals surface area contributed by atoms with Crippen LogP contribution in [0.1, 0.15) is 17.8 Å². The van der Waals surface area contributed by atoms with Gasteiger partial charge in [0.2, 0.25) is 0 Å². The first kappa shape index (κ1) is 13.3. The molecule has 1 aliphatic carbocycles. The van der Waals surface area contributed by atoms with Gasteiger partial charge < -0.3 is 15.5 Å². The summed E-state index contributed by atoms with van der Waals surface area (Å²) in [5.74, 6) is 1.29. The molecule has 4 rings (SSSR count). The molecule has 6 heteroatoms. The van der Waals surface area contributed by atoms with Crippen LogP contribution in [0.25, 0.3) is 22.4 Å². The zero-order valence-electron chi connectivity index (χ0n) is 12.0. The Labute approximate surface area is 131 Å². The monoisotopic (exact) mass is 312 g/mol. The lowest BCUT2D eigenvalue weighted by Gasteiger charge is -2.01. The summed E-state index contributed by atoms with van der Waals surface area (Å²) in [5.41, 5.74) is 7.55. The number of thiazole rings is 1. The Hall–Kier alpha value is -2.34. The molecule has 5 nitrogen and oxygen atoms in total. The number of aromatic nitrogens is 1. The van der Waals surface area contributed by atoms with Crippen LogP contribution in [0.3, 0.4) is 0 Å². The second-order valence-corrected chi connectivity index (χ2v) is 6.34. The first-order valence-electron chi connectivity index (χ1n) is 7.28. The minimum absolute atomic E-state index is 0.496. The van der Waals surface area contributed by atoms with E-state index in [1.54, 1.807) is 11.3 Å². The van der Waals surface area contributed by atoms with E-state index in [1.165, 1.54) is 12.8 Å². The maximum absolute atomic E-state index is 5.83. The van der Waals surface area contributed by atoms with Gasteiger partial charge in [-0.25, -0.2) is 9.98 Å². The third-order valence-corrected chi connectivity index (χ3v) is 4.38. The normalized spacial score (nSPS) is 15.4. The molecule has 0 radical (unpaired) electrons. The van der Waals surface area contributed by atoms with Crippen molar-refractivity contribution in [2.75, 3.05) is 0 Å². The Morgan fingerprint density at radius 1 is 1.41 bits per heavy atom. The second-order valence-electron chi connectivity index (χ2n) is 5.40. The van der Waals surface area contributed by atoms with Crippen LogP contribution in [0, 0.1) is 0 Å². The Balaban J connectivity index is 1.50. The molecule has 0 atom stereocenters. The number of rotatable bonds is 4. The van der Waals surface area contributed by atoms with Crippen molar-refractivity contribution >= 4 is 28.3 Å². The van der Waals surface area contributed by atoms with E-state index in [9.17, 15) is 0 Å². The van der Waals surface area contributed by atoms with Gasteiger partial charge >= 0.3 is 0 Å². The van der Waals surface area contributed by atoms with Crippen molar-refractivity contribution in [3.63, 3.8) is 0 Å². The van der Waals surface area contributed by atoms with Crippen LogP contribution in [0.5, 0.6) is 0 Å². The van der Waals surface area contributed by atoms with Crippen LogP contribution >= 0.6 is 11.3 Å². The molecule has 2 aromatic heterocycles. The van der Waals surface area contributed by atoms with Crippen LogP contribution in [0.4, 0.5) is 0 Å². The molecule has 3 N–H and O–H groups in total. The Bertz CT molecular complexity index is 798. The van der Waals surface area contributed by atoms with Gasteiger partial charge in [-0.3, -0.25) is 0 Å². The number of furan rings is 1. The highest BCUT2D eigenvalue weighted by Crippen LogP contribution is 2.28. The summed E-state index contributed by atoms with van der Waals surface area (Å²) in [6, 6.07) is 10.5. The van der Waals surface area contributed by atoms with Gasteiger partial charge in [0, 0.05) is 16.8 Å². The third kappa shape index (κ3) is 2.82. The topological polar surface area (TPSA) is 76.4 Å². The first-order chi connectivity index (χ1) is 10.8. The van der Waals surface area contributed by atoms with E-state index in [0.717, 1.165) is 27.4 Å². The van der Waals surface area contributed by atoms with Gasteiger partial charge in [0.05, 0.1) is 6.54 Å². The lowest BCUT2D eigenvalue weighted by Crippen LogP contribution is -2.33. The number of para-hydroxylation sites is 1. The van der Waals surface area contributed by atoms with E-state index < -0.39 is 0 Å². The number of nitrogens with zero attached hydrogens (tertiary/aromatic N) is 2. The summed E-state index contributed by atoms with van der Waals surface area (Å²) < 4.78 is 5.83. The van der Waals surface area contributed by atoms with E-state index in [2.05, 4.69) is 15.3 Å². The number of fused-ring (bicyclic) bond motifs is 1. The molecule has 1 aliphatic rings. The molecule has 0 amide bonds. The number of nitrogens with one attached hydrogen (secondary N) is 1. The molecule has 112 valence electrons. The summed E-state index contributed by atoms with van der Waals surface area (Å²) in [5, 5.41) is 7.17. The average Bonchev–Trinajstić information content (AvgIpc) is 3.05. The molecule has 1 saturated carbocycles. The SMILES string of the molecule is NC(=NCc1nc(-c2cc3ccccc3o2)cs1)NC1CC1. The molecule has 1 fully saturated rings. The summed E-state index contributed by atoms with van der Waals surface area (Å²) >= 11 is 1.57. The van der Waals surface area contributed by atoms with Crippen LogP contribution in [0.2, 0.25) is 0 Å². The maximum atomic E-state index is 5.83. The lowest BCUT2D eigenvalue weighted by molar-refractivity contribution is 0.629. The van der Waals surface area contributed by atoms with E-state index in [-0.39, 0.29) is 0 Å². The van der Waals surface area contributed by atoms with Gasteiger partial charge in [-0.1, -0.05) is 18.2 Å². The van der Waals surface area contributed by atoms with Gasteiger partial charge in [0.25, 0.3) is 0 Å². The Morgan fingerprint density at radius 3 is 3.09 bits per heavy atom. The molecule has 0 saturated heterocycles. The van der Waals surface area contributed by atoms with E-state index >= 15 is 0 Å². The van der Waals surface area contributed by atoms with Crippen LogP contribution in [-0.2, 0) is 6.54 Å². The summed E-state index contributed by atoms with van der Waals surface area (Å²) in [6.45, 7) is 0.496. The molecule has 0 unspecified atom stereocenters. The highest BCUT2D eigenvalue weighted by Gasteiger charge is 2.21. The van der Waals surface area contributed by atoms with Crippen LogP contribution < -0.4 is 11.1 Å². The molecule has 0 spiro atoms. The molecule has 0 aliphatic heterocycles. The van der Waals surface area contributed by atoms with E-state index in [4.69, 9.17) is 10.2 Å². The molecule has 22 heavy (non-hydrogen) atoms. The largest absolute Gasteiger partial charge is 0.454 e. The standard InChI is InChI=1S/C16H16N4OS/c17-16(19-11-5-6-11)18-8-15-20-12(9-22-15)14-7-10-3-1-2-4-13(10)21-14/h1-4,7,9,11H,5-6,8H2,(H3,17,18,19). The number of nitrogens with two attached hydrogens (primary N) is 1. The van der Waals surface area contributed by atoms with Crippen LogP contribution in [-0.4, -0.2) is 17.0 Å². The van der Waals surface area contributed by atoms with E-state index in [0.29, 0.717) is 18.5 Å². The molecule has 0 bridgehead atoms.